The lowest BCUT2D eigenvalue weighted by atomic mass is 10.0. The number of benzene rings is 1. The van der Waals surface area contributed by atoms with Gasteiger partial charge in [0.05, 0.1) is 29.5 Å². The topological polar surface area (TPSA) is 90.5 Å². The van der Waals surface area contributed by atoms with E-state index in [1.807, 2.05) is 25.1 Å². The number of aliphatic hydroxyl groups is 1. The lowest BCUT2D eigenvalue weighted by Gasteiger charge is -2.13. The number of nitrogens with one attached hydrogen (secondary N) is 2. The number of nitrogens with zero attached hydrogens (tertiary/aromatic N) is 3. The van der Waals surface area contributed by atoms with Gasteiger partial charge in [-0.25, -0.2) is 9.37 Å². The van der Waals surface area contributed by atoms with E-state index in [2.05, 4.69) is 25.1 Å². The molecule has 0 saturated heterocycles. The molecule has 0 spiro atoms. The fourth-order valence-corrected chi connectivity index (χ4v) is 3.05. The van der Waals surface area contributed by atoms with Crippen molar-refractivity contribution in [3.05, 3.63) is 66.1 Å². The van der Waals surface area contributed by atoms with E-state index in [0.717, 1.165) is 28.2 Å². The number of hydrogen-bond donors (Lipinski definition) is 3. The number of halogens is 1. The van der Waals surface area contributed by atoms with E-state index in [-0.39, 0.29) is 5.82 Å². The van der Waals surface area contributed by atoms with E-state index in [1.165, 1.54) is 12.3 Å². The van der Waals surface area contributed by atoms with Crippen LogP contribution in [0.25, 0.3) is 33.8 Å². The van der Waals surface area contributed by atoms with Crippen molar-refractivity contribution in [2.24, 2.45) is 0 Å². The molecule has 0 radical (unpaired) electrons. The first-order valence-electron chi connectivity index (χ1n) is 8.88. The zero-order valence-corrected chi connectivity index (χ0v) is 15.8. The highest BCUT2D eigenvalue weighted by Crippen LogP contribution is 2.33. The second-order valence-corrected chi connectivity index (χ2v) is 7.22. The van der Waals surface area contributed by atoms with Crippen LogP contribution in [0.3, 0.4) is 0 Å². The van der Waals surface area contributed by atoms with Crippen molar-refractivity contribution in [2.75, 3.05) is 0 Å². The minimum Gasteiger partial charge on any atom is -0.383 e. The van der Waals surface area contributed by atoms with Crippen LogP contribution in [0, 0.1) is 12.7 Å². The van der Waals surface area contributed by atoms with Crippen molar-refractivity contribution in [1.29, 1.82) is 0 Å². The van der Waals surface area contributed by atoms with Gasteiger partial charge >= 0.3 is 0 Å². The van der Waals surface area contributed by atoms with Crippen LogP contribution in [0.2, 0.25) is 0 Å². The maximum absolute atomic E-state index is 14.5. The SMILES string of the molecule is Cc1cccc(-c2[nH]ncc2-c2ccc(F)c(-c3cnc(C(C)(C)O)[nH]3)c2)n1. The largest absolute Gasteiger partial charge is 0.383 e. The molecule has 3 aromatic heterocycles. The first-order chi connectivity index (χ1) is 13.3. The Balaban J connectivity index is 1.79. The molecule has 142 valence electrons. The van der Waals surface area contributed by atoms with E-state index in [9.17, 15) is 9.50 Å². The Hall–Kier alpha value is -3.32. The highest BCUT2D eigenvalue weighted by molar-refractivity contribution is 5.81. The van der Waals surface area contributed by atoms with Gasteiger partial charge in [0.1, 0.15) is 17.2 Å². The summed E-state index contributed by atoms with van der Waals surface area (Å²) in [6.07, 6.45) is 3.22. The number of H-pyrrole nitrogens is 2. The van der Waals surface area contributed by atoms with Crippen molar-refractivity contribution < 1.29 is 9.50 Å². The molecule has 0 fully saturated rings. The standard InChI is InChI=1S/C21H20FN5O/c1-12-5-4-6-17(25-12)19-15(10-24-27-19)13-7-8-16(22)14(9-13)18-11-23-20(26-18)21(2,3)28/h4-11,28H,1-3H3,(H,23,26)(H,24,27). The van der Waals surface area contributed by atoms with E-state index in [0.29, 0.717) is 17.1 Å². The van der Waals surface area contributed by atoms with Gasteiger partial charge in [-0.05, 0) is 50.6 Å². The molecule has 4 aromatic rings. The maximum Gasteiger partial charge on any atom is 0.138 e. The number of hydrogen-bond acceptors (Lipinski definition) is 4. The number of rotatable bonds is 4. The number of aromatic nitrogens is 5. The van der Waals surface area contributed by atoms with Crippen LogP contribution in [0.1, 0.15) is 25.4 Å². The van der Waals surface area contributed by atoms with Gasteiger partial charge in [-0.2, -0.15) is 5.10 Å². The molecule has 0 unspecified atom stereocenters. The van der Waals surface area contributed by atoms with Gasteiger partial charge in [-0.1, -0.05) is 12.1 Å². The molecule has 7 heteroatoms. The summed E-state index contributed by atoms with van der Waals surface area (Å²) in [5.41, 5.74) is 3.77. The van der Waals surface area contributed by atoms with Gasteiger partial charge in [0, 0.05) is 16.8 Å². The lowest BCUT2D eigenvalue weighted by molar-refractivity contribution is 0.0697. The summed E-state index contributed by atoms with van der Waals surface area (Å²) in [5.74, 6) is -0.00585. The van der Waals surface area contributed by atoms with Crippen LogP contribution in [-0.4, -0.2) is 30.3 Å². The minimum absolute atomic E-state index is 0.366. The van der Waals surface area contributed by atoms with E-state index in [1.54, 1.807) is 32.2 Å². The third-order valence-electron chi connectivity index (χ3n) is 4.51. The first kappa shape index (κ1) is 18.1. The number of pyridine rings is 1. The van der Waals surface area contributed by atoms with Crippen LogP contribution in [0.15, 0.2) is 48.8 Å². The van der Waals surface area contributed by atoms with Crippen LogP contribution in [-0.2, 0) is 5.60 Å². The monoisotopic (exact) mass is 377 g/mol. The summed E-state index contributed by atoms with van der Waals surface area (Å²) in [6.45, 7) is 5.16. The molecule has 4 rings (SSSR count). The maximum atomic E-state index is 14.5. The zero-order valence-electron chi connectivity index (χ0n) is 15.8. The van der Waals surface area contributed by atoms with Gasteiger partial charge in [-0.3, -0.25) is 10.1 Å². The van der Waals surface area contributed by atoms with E-state index >= 15 is 0 Å². The number of aryl methyl sites for hydroxylation is 1. The highest BCUT2D eigenvalue weighted by Gasteiger charge is 2.21. The molecule has 0 aliphatic rings. The Morgan fingerprint density at radius 3 is 2.61 bits per heavy atom. The number of imidazole rings is 1. The molecule has 0 atom stereocenters. The predicted molar refractivity (Wildman–Crippen MR) is 105 cm³/mol. The summed E-state index contributed by atoms with van der Waals surface area (Å²) >= 11 is 0. The summed E-state index contributed by atoms with van der Waals surface area (Å²) in [7, 11) is 0. The molecule has 0 aliphatic heterocycles. The molecule has 3 N–H and O–H groups in total. The third-order valence-corrected chi connectivity index (χ3v) is 4.51. The molecule has 6 nitrogen and oxygen atoms in total. The summed E-state index contributed by atoms with van der Waals surface area (Å²) in [4.78, 5) is 11.7. The average molecular weight is 377 g/mol. The smallest absolute Gasteiger partial charge is 0.138 e. The van der Waals surface area contributed by atoms with E-state index < -0.39 is 5.60 Å². The Bertz CT molecular complexity index is 1140. The highest BCUT2D eigenvalue weighted by atomic mass is 19.1. The molecule has 28 heavy (non-hydrogen) atoms. The lowest BCUT2D eigenvalue weighted by Crippen LogP contribution is -2.17. The van der Waals surface area contributed by atoms with Gasteiger partial charge < -0.3 is 10.1 Å². The predicted octanol–water partition coefficient (Wildman–Crippen LogP) is 4.20. The Kier molecular flexibility index (Phi) is 4.31. The average Bonchev–Trinajstić information content (AvgIpc) is 3.31. The van der Waals surface area contributed by atoms with Crippen LogP contribution < -0.4 is 0 Å². The summed E-state index contributed by atoms with van der Waals surface area (Å²) in [6, 6.07) is 10.6. The first-order valence-corrected chi connectivity index (χ1v) is 8.88. The minimum atomic E-state index is -1.14. The fourth-order valence-electron chi connectivity index (χ4n) is 3.05. The Morgan fingerprint density at radius 2 is 1.89 bits per heavy atom. The molecule has 0 aliphatic carbocycles. The van der Waals surface area contributed by atoms with Crippen molar-refractivity contribution in [3.63, 3.8) is 0 Å². The summed E-state index contributed by atoms with van der Waals surface area (Å²) < 4.78 is 14.5. The van der Waals surface area contributed by atoms with Gasteiger partial charge in [0.2, 0.25) is 0 Å². The molecule has 0 saturated carbocycles. The third kappa shape index (κ3) is 3.32. The van der Waals surface area contributed by atoms with Crippen molar-refractivity contribution >= 4 is 0 Å². The van der Waals surface area contributed by atoms with Gasteiger partial charge in [0.15, 0.2) is 0 Å². The molecular formula is C21H20FN5O. The Labute approximate surface area is 161 Å². The van der Waals surface area contributed by atoms with Gasteiger partial charge in [-0.15, -0.1) is 0 Å². The summed E-state index contributed by atoms with van der Waals surface area (Å²) in [5, 5.41) is 17.2. The fraction of sp³-hybridized carbons (Fsp3) is 0.190. The van der Waals surface area contributed by atoms with Crippen LogP contribution in [0.4, 0.5) is 4.39 Å². The van der Waals surface area contributed by atoms with Crippen molar-refractivity contribution in [1.82, 2.24) is 25.1 Å². The quantitative estimate of drug-likeness (QED) is 0.497. The molecule has 0 bridgehead atoms. The Morgan fingerprint density at radius 1 is 1.07 bits per heavy atom. The van der Waals surface area contributed by atoms with Crippen LogP contribution >= 0.6 is 0 Å². The molecular weight excluding hydrogens is 357 g/mol. The number of aromatic amines is 2. The molecule has 0 amide bonds. The van der Waals surface area contributed by atoms with Crippen molar-refractivity contribution in [3.8, 4) is 33.8 Å². The van der Waals surface area contributed by atoms with E-state index in [4.69, 9.17) is 0 Å². The zero-order chi connectivity index (χ0) is 19.9. The normalized spacial score (nSPS) is 11.8. The van der Waals surface area contributed by atoms with Gasteiger partial charge in [0.25, 0.3) is 0 Å². The molecule has 3 heterocycles. The van der Waals surface area contributed by atoms with Crippen LogP contribution in [0.5, 0.6) is 0 Å². The van der Waals surface area contributed by atoms with Crippen molar-refractivity contribution in [2.45, 2.75) is 26.4 Å². The second kappa shape index (κ2) is 6.69. The second-order valence-electron chi connectivity index (χ2n) is 7.22. The molecule has 1 aromatic carbocycles.